The third-order valence-corrected chi connectivity index (χ3v) is 3.10. The molecule has 1 aliphatic heterocycles. The van der Waals surface area contributed by atoms with Gasteiger partial charge in [0.05, 0.1) is 7.11 Å². The normalized spacial score (nSPS) is 10.9. The van der Waals surface area contributed by atoms with Crippen molar-refractivity contribution in [1.82, 2.24) is 5.32 Å². The highest BCUT2D eigenvalue weighted by Crippen LogP contribution is 2.20. The molecule has 0 saturated carbocycles. The van der Waals surface area contributed by atoms with Crippen LogP contribution in [0.3, 0.4) is 0 Å². The highest BCUT2D eigenvalue weighted by atomic mass is 16.5. The van der Waals surface area contributed by atoms with Gasteiger partial charge in [0.15, 0.2) is 0 Å². The van der Waals surface area contributed by atoms with Gasteiger partial charge in [0.2, 0.25) is 6.41 Å². The second kappa shape index (κ2) is 7.94. The average molecular weight is 285 g/mol. The van der Waals surface area contributed by atoms with Crippen LogP contribution in [-0.4, -0.2) is 20.1 Å². The molecule has 1 N–H and O–H groups in total. The van der Waals surface area contributed by atoms with Crippen molar-refractivity contribution in [1.29, 1.82) is 0 Å². The Labute approximate surface area is 124 Å². The van der Waals surface area contributed by atoms with E-state index in [2.05, 4.69) is 17.4 Å². The molecule has 3 rings (SSSR count). The van der Waals surface area contributed by atoms with Gasteiger partial charge in [0.1, 0.15) is 18.1 Å². The van der Waals surface area contributed by atoms with Crippen molar-refractivity contribution < 1.29 is 14.3 Å². The Hall–Kier alpha value is -2.49. The molecule has 2 bridgehead atoms. The first-order chi connectivity index (χ1) is 10.3. The first kappa shape index (κ1) is 14.9. The Morgan fingerprint density at radius 3 is 2.67 bits per heavy atom. The molecular weight excluding hydrogens is 266 g/mol. The van der Waals surface area contributed by atoms with Crippen LogP contribution >= 0.6 is 0 Å². The number of nitrogens with one attached hydrogen (secondary N) is 1. The molecule has 0 fully saturated rings. The molecule has 0 unspecified atom stereocenters. The number of amides is 1. The van der Waals surface area contributed by atoms with Crippen LogP contribution in [0.25, 0.3) is 0 Å². The van der Waals surface area contributed by atoms with Crippen LogP contribution in [0, 0.1) is 0 Å². The molecule has 4 nitrogen and oxygen atoms in total. The molecule has 2 aromatic carbocycles. The number of benzene rings is 2. The summed E-state index contributed by atoms with van der Waals surface area (Å²) in [6, 6.07) is 15.9. The molecule has 0 saturated heterocycles. The number of fused-ring (bicyclic) bond motifs is 2. The van der Waals surface area contributed by atoms with Crippen molar-refractivity contribution >= 4 is 6.41 Å². The maximum Gasteiger partial charge on any atom is 0.207 e. The van der Waals surface area contributed by atoms with Crippen LogP contribution in [0.15, 0.2) is 48.5 Å². The minimum Gasteiger partial charge on any atom is -0.497 e. The lowest BCUT2D eigenvalue weighted by Gasteiger charge is -2.02. The zero-order valence-electron chi connectivity index (χ0n) is 12.0. The summed E-state index contributed by atoms with van der Waals surface area (Å²) in [7, 11) is 1.64. The second-order valence-corrected chi connectivity index (χ2v) is 4.61. The van der Waals surface area contributed by atoms with Crippen LogP contribution in [0.4, 0.5) is 0 Å². The topological polar surface area (TPSA) is 47.6 Å². The summed E-state index contributed by atoms with van der Waals surface area (Å²) in [5.41, 5.74) is 2.47. The van der Waals surface area contributed by atoms with Gasteiger partial charge in [-0.05, 0) is 41.8 Å². The van der Waals surface area contributed by atoms with Gasteiger partial charge in [0.25, 0.3) is 0 Å². The van der Waals surface area contributed by atoms with Crippen LogP contribution < -0.4 is 14.8 Å². The molecule has 0 spiro atoms. The van der Waals surface area contributed by atoms with E-state index in [1.807, 2.05) is 36.4 Å². The number of hydrogen-bond acceptors (Lipinski definition) is 3. The van der Waals surface area contributed by atoms with Gasteiger partial charge in [-0.2, -0.15) is 0 Å². The van der Waals surface area contributed by atoms with Gasteiger partial charge < -0.3 is 14.8 Å². The monoisotopic (exact) mass is 285 g/mol. The fraction of sp³-hybridized carbons (Fsp3) is 0.235. The van der Waals surface area contributed by atoms with Crippen molar-refractivity contribution in [3.8, 4) is 11.5 Å². The molecule has 1 aliphatic rings. The van der Waals surface area contributed by atoms with Crippen LogP contribution in [0.5, 0.6) is 11.5 Å². The first-order valence-corrected chi connectivity index (χ1v) is 6.83. The molecule has 0 radical (unpaired) electrons. The molecular formula is C17H19NO3. The zero-order valence-corrected chi connectivity index (χ0v) is 12.0. The molecule has 110 valence electrons. The Morgan fingerprint density at radius 2 is 2.05 bits per heavy atom. The maximum absolute atomic E-state index is 9.96. The van der Waals surface area contributed by atoms with E-state index in [0.717, 1.165) is 24.5 Å². The molecule has 21 heavy (non-hydrogen) atoms. The van der Waals surface area contributed by atoms with Crippen molar-refractivity contribution in [2.75, 3.05) is 13.7 Å². The SMILES string of the molecule is COc1ccc(CCNC=O)cc1.c1cc2cc(c1)OC2. The van der Waals surface area contributed by atoms with E-state index >= 15 is 0 Å². The van der Waals surface area contributed by atoms with Crippen molar-refractivity contribution in [2.24, 2.45) is 0 Å². The molecule has 0 aliphatic carbocycles. The van der Waals surface area contributed by atoms with E-state index < -0.39 is 0 Å². The Bertz CT molecular complexity index is 547. The summed E-state index contributed by atoms with van der Waals surface area (Å²) in [5, 5.41) is 2.61. The van der Waals surface area contributed by atoms with E-state index in [9.17, 15) is 4.79 Å². The predicted molar refractivity (Wildman–Crippen MR) is 81.5 cm³/mol. The summed E-state index contributed by atoms with van der Waals surface area (Å²) >= 11 is 0. The second-order valence-electron chi connectivity index (χ2n) is 4.61. The average Bonchev–Trinajstić information content (AvgIpc) is 2.87. The largest absolute Gasteiger partial charge is 0.497 e. The Balaban J connectivity index is 0.000000170. The number of methoxy groups -OCH3 is 1. The summed E-state index contributed by atoms with van der Waals surface area (Å²) in [6.45, 7) is 1.44. The maximum atomic E-state index is 9.96. The van der Waals surface area contributed by atoms with Gasteiger partial charge in [0, 0.05) is 6.54 Å². The van der Waals surface area contributed by atoms with E-state index in [4.69, 9.17) is 9.47 Å². The number of ether oxygens (including phenoxy) is 2. The van der Waals surface area contributed by atoms with Crippen LogP contribution in [0.1, 0.15) is 11.1 Å². The summed E-state index contributed by atoms with van der Waals surface area (Å²) in [6.07, 6.45) is 1.56. The summed E-state index contributed by atoms with van der Waals surface area (Å²) in [4.78, 5) is 9.96. The number of hydrogen-bond donors (Lipinski definition) is 1. The summed E-state index contributed by atoms with van der Waals surface area (Å²) < 4.78 is 10.2. The quantitative estimate of drug-likeness (QED) is 0.678. The molecule has 1 heterocycles. The lowest BCUT2D eigenvalue weighted by atomic mass is 10.1. The van der Waals surface area contributed by atoms with E-state index in [1.54, 1.807) is 7.11 Å². The number of carbonyl (C=O) groups excluding carboxylic acids is 1. The molecule has 4 heteroatoms. The van der Waals surface area contributed by atoms with Crippen LogP contribution in [-0.2, 0) is 17.8 Å². The van der Waals surface area contributed by atoms with E-state index in [1.165, 1.54) is 11.1 Å². The molecule has 1 amide bonds. The molecule has 2 aromatic rings. The lowest BCUT2D eigenvalue weighted by Crippen LogP contribution is -2.14. The first-order valence-electron chi connectivity index (χ1n) is 6.83. The fourth-order valence-corrected chi connectivity index (χ4v) is 1.96. The van der Waals surface area contributed by atoms with Gasteiger partial charge in [-0.3, -0.25) is 4.79 Å². The minimum atomic E-state index is 0.676. The fourth-order valence-electron chi connectivity index (χ4n) is 1.96. The highest BCUT2D eigenvalue weighted by Gasteiger charge is 2.03. The Kier molecular flexibility index (Phi) is 5.64. The standard InChI is InChI=1S/C10H13NO2.C7H6O/c1-13-10-4-2-9(3-5-10)6-7-11-8-12;1-2-6-4-7(3-1)8-5-6/h2-5,8H,6-7H2,1H3,(H,11,12);1-4H,5H2. The van der Waals surface area contributed by atoms with E-state index in [0.29, 0.717) is 13.0 Å². The van der Waals surface area contributed by atoms with Gasteiger partial charge >= 0.3 is 0 Å². The van der Waals surface area contributed by atoms with Crippen molar-refractivity contribution in [3.63, 3.8) is 0 Å². The van der Waals surface area contributed by atoms with Gasteiger partial charge in [-0.1, -0.05) is 24.3 Å². The van der Waals surface area contributed by atoms with E-state index in [-0.39, 0.29) is 0 Å². The summed E-state index contributed by atoms with van der Waals surface area (Å²) in [5.74, 6) is 1.86. The van der Waals surface area contributed by atoms with Crippen LogP contribution in [0.2, 0.25) is 0 Å². The third kappa shape index (κ3) is 4.84. The van der Waals surface area contributed by atoms with Gasteiger partial charge in [-0.15, -0.1) is 0 Å². The number of rotatable bonds is 5. The zero-order chi connectivity index (χ0) is 14.9. The lowest BCUT2D eigenvalue weighted by molar-refractivity contribution is -0.109. The Morgan fingerprint density at radius 1 is 1.24 bits per heavy atom. The smallest absolute Gasteiger partial charge is 0.207 e. The molecule has 0 aromatic heterocycles. The predicted octanol–water partition coefficient (Wildman–Crippen LogP) is 2.56. The third-order valence-electron chi connectivity index (χ3n) is 3.10. The van der Waals surface area contributed by atoms with Crippen molar-refractivity contribution in [3.05, 3.63) is 59.7 Å². The minimum absolute atomic E-state index is 0.676. The molecule has 0 atom stereocenters. The van der Waals surface area contributed by atoms with Crippen molar-refractivity contribution in [2.45, 2.75) is 13.0 Å². The van der Waals surface area contributed by atoms with Gasteiger partial charge in [-0.25, -0.2) is 0 Å². The highest BCUT2D eigenvalue weighted by molar-refractivity contribution is 5.45. The number of carbonyl (C=O) groups is 1.